The molecule has 1 amide bonds. The van der Waals surface area contributed by atoms with E-state index < -0.39 is 0 Å². The molecule has 1 fully saturated rings. The fraction of sp³-hybridized carbons (Fsp3) is 0.471. The predicted molar refractivity (Wildman–Crippen MR) is 90.5 cm³/mol. The number of phenolic OH excluding ortho intramolecular Hbond substituents is 1. The van der Waals surface area contributed by atoms with Crippen LogP contribution in [-0.4, -0.2) is 41.9 Å². The van der Waals surface area contributed by atoms with Crippen LogP contribution in [0.15, 0.2) is 29.3 Å². The highest BCUT2D eigenvalue weighted by Gasteiger charge is 2.33. The number of aromatic hydroxyl groups is 1. The van der Waals surface area contributed by atoms with Gasteiger partial charge in [0.15, 0.2) is 0 Å². The molecule has 0 atom stereocenters. The van der Waals surface area contributed by atoms with Gasteiger partial charge in [0.25, 0.3) is 0 Å². The fourth-order valence-corrected chi connectivity index (χ4v) is 3.85. The minimum absolute atomic E-state index is 0.116. The van der Waals surface area contributed by atoms with E-state index in [1.807, 2.05) is 17.0 Å². The zero-order valence-corrected chi connectivity index (χ0v) is 14.4. The van der Waals surface area contributed by atoms with E-state index in [-0.39, 0.29) is 17.1 Å². The molecule has 4 nitrogen and oxygen atoms in total. The molecule has 0 spiro atoms. The summed E-state index contributed by atoms with van der Waals surface area (Å²) in [5.41, 5.74) is 2.04. The van der Waals surface area contributed by atoms with E-state index >= 15 is 0 Å². The first-order chi connectivity index (χ1) is 10.3. The number of methoxy groups -OCH3 is 1. The number of carbonyl (C=O) groups is 1. The van der Waals surface area contributed by atoms with Gasteiger partial charge in [-0.15, -0.1) is 0 Å². The summed E-state index contributed by atoms with van der Waals surface area (Å²) in [5, 5.41) is 10.5. The average molecular weight is 321 g/mol. The minimum atomic E-state index is -0.116. The maximum atomic E-state index is 12.2. The van der Waals surface area contributed by atoms with Crippen molar-refractivity contribution in [3.8, 4) is 5.75 Å². The number of nitrogens with zero attached hydrogens (tertiary/aromatic N) is 1. The van der Waals surface area contributed by atoms with Crippen molar-refractivity contribution in [2.75, 3.05) is 26.0 Å². The van der Waals surface area contributed by atoms with Crippen molar-refractivity contribution in [1.29, 1.82) is 0 Å². The lowest BCUT2D eigenvalue weighted by atomic mass is 9.82. The van der Waals surface area contributed by atoms with Crippen LogP contribution in [0.2, 0.25) is 0 Å². The molecule has 5 heteroatoms. The summed E-state index contributed by atoms with van der Waals surface area (Å²) in [6.45, 7) is 7.50. The van der Waals surface area contributed by atoms with Crippen LogP contribution in [0.1, 0.15) is 26.3 Å². The molecule has 120 valence electrons. The Hall–Kier alpha value is -1.46. The van der Waals surface area contributed by atoms with E-state index in [0.717, 1.165) is 16.2 Å². The van der Waals surface area contributed by atoms with Crippen molar-refractivity contribution >= 4 is 23.2 Å². The molecule has 0 radical (unpaired) electrons. The van der Waals surface area contributed by atoms with Gasteiger partial charge in [-0.1, -0.05) is 44.7 Å². The summed E-state index contributed by atoms with van der Waals surface area (Å²) in [7, 11) is 1.64. The van der Waals surface area contributed by atoms with Gasteiger partial charge in [0, 0.05) is 13.7 Å². The molecular formula is C17H23NO3S. The maximum absolute atomic E-state index is 12.2. The van der Waals surface area contributed by atoms with E-state index in [1.165, 1.54) is 0 Å². The van der Waals surface area contributed by atoms with E-state index in [9.17, 15) is 9.90 Å². The third-order valence-electron chi connectivity index (χ3n) is 3.52. The molecule has 2 rings (SSSR count). The molecule has 0 saturated carbocycles. The molecule has 1 aliphatic rings. The number of ether oxygens (including phenoxy) is 1. The first-order valence-corrected chi connectivity index (χ1v) is 8.29. The van der Waals surface area contributed by atoms with E-state index in [4.69, 9.17) is 4.74 Å². The minimum Gasteiger partial charge on any atom is -0.508 e. The van der Waals surface area contributed by atoms with Crippen LogP contribution in [0.4, 0.5) is 0 Å². The number of thioether (sulfide) groups is 1. The van der Waals surface area contributed by atoms with Gasteiger partial charge in [-0.05, 0) is 28.7 Å². The molecular weight excluding hydrogens is 298 g/mol. The lowest BCUT2D eigenvalue weighted by Gasteiger charge is -2.29. The van der Waals surface area contributed by atoms with Crippen molar-refractivity contribution in [1.82, 2.24) is 4.90 Å². The number of hydrogen-bond acceptors (Lipinski definition) is 4. The summed E-state index contributed by atoms with van der Waals surface area (Å²) in [6, 6.07) is 7.17. The second-order valence-corrected chi connectivity index (χ2v) is 7.27. The van der Waals surface area contributed by atoms with Crippen molar-refractivity contribution in [2.24, 2.45) is 5.41 Å². The van der Waals surface area contributed by atoms with Gasteiger partial charge in [0.05, 0.1) is 17.4 Å². The van der Waals surface area contributed by atoms with Gasteiger partial charge < -0.3 is 14.7 Å². The predicted octanol–water partition coefficient (Wildman–Crippen LogP) is 3.33. The Kier molecular flexibility index (Phi) is 5.19. The summed E-state index contributed by atoms with van der Waals surface area (Å²) < 4.78 is 5.13. The van der Waals surface area contributed by atoms with Gasteiger partial charge in [-0.3, -0.25) is 4.79 Å². The summed E-state index contributed by atoms with van der Waals surface area (Å²) in [4.78, 5) is 14.0. The Labute approximate surface area is 136 Å². The molecule has 22 heavy (non-hydrogen) atoms. The highest BCUT2D eigenvalue weighted by molar-refractivity contribution is 8.04. The average Bonchev–Trinajstić information content (AvgIpc) is 2.79. The van der Waals surface area contributed by atoms with Crippen molar-refractivity contribution < 1.29 is 14.6 Å². The van der Waals surface area contributed by atoms with Crippen LogP contribution in [0, 0.1) is 5.41 Å². The molecule has 1 aromatic carbocycles. The van der Waals surface area contributed by atoms with Crippen LogP contribution >= 0.6 is 11.8 Å². The third kappa shape index (κ3) is 3.65. The number of amides is 1. The molecule has 0 bridgehead atoms. The Morgan fingerprint density at radius 3 is 2.50 bits per heavy atom. The quantitative estimate of drug-likeness (QED) is 0.924. The van der Waals surface area contributed by atoms with Crippen LogP contribution in [0.25, 0.3) is 5.57 Å². The standard InChI is InChI=1S/C17H23NO3S/c1-17(2,3)15(12-5-7-13(19)8-6-12)16-18(9-10-21-4)14(20)11-22-16/h5-8,19H,9-11H2,1-4H3. The third-order valence-corrected chi connectivity index (χ3v) is 4.61. The summed E-state index contributed by atoms with van der Waals surface area (Å²) in [5.74, 6) is 0.836. The maximum Gasteiger partial charge on any atom is 0.237 e. The van der Waals surface area contributed by atoms with Crippen LogP contribution in [0.3, 0.4) is 0 Å². The molecule has 0 aliphatic carbocycles. The van der Waals surface area contributed by atoms with Crippen LogP contribution in [-0.2, 0) is 9.53 Å². The Morgan fingerprint density at radius 2 is 1.95 bits per heavy atom. The molecule has 0 unspecified atom stereocenters. The number of hydrogen-bond donors (Lipinski definition) is 1. The lowest BCUT2D eigenvalue weighted by molar-refractivity contribution is -0.125. The van der Waals surface area contributed by atoms with Gasteiger partial charge in [0.2, 0.25) is 5.91 Å². The van der Waals surface area contributed by atoms with Gasteiger partial charge >= 0.3 is 0 Å². The smallest absolute Gasteiger partial charge is 0.237 e. The Morgan fingerprint density at radius 1 is 1.32 bits per heavy atom. The molecule has 1 N–H and O–H groups in total. The first kappa shape index (κ1) is 16.9. The Balaban J connectivity index is 2.51. The summed E-state index contributed by atoms with van der Waals surface area (Å²) >= 11 is 1.58. The van der Waals surface area contributed by atoms with Crippen molar-refractivity contribution in [3.05, 3.63) is 34.9 Å². The number of phenols is 1. The van der Waals surface area contributed by atoms with Crippen LogP contribution in [0.5, 0.6) is 5.75 Å². The highest BCUT2D eigenvalue weighted by atomic mass is 32.2. The first-order valence-electron chi connectivity index (χ1n) is 7.31. The molecule has 0 aromatic heterocycles. The highest BCUT2D eigenvalue weighted by Crippen LogP contribution is 2.44. The van der Waals surface area contributed by atoms with Gasteiger partial charge in [-0.2, -0.15) is 0 Å². The SMILES string of the molecule is COCCN1C(=O)CSC1=C(c1ccc(O)cc1)C(C)(C)C. The number of benzene rings is 1. The van der Waals surface area contributed by atoms with Crippen molar-refractivity contribution in [3.63, 3.8) is 0 Å². The Bertz CT molecular complexity index is 573. The number of allylic oxidation sites excluding steroid dienone is 1. The lowest BCUT2D eigenvalue weighted by Crippen LogP contribution is -2.29. The second-order valence-electron chi connectivity index (χ2n) is 6.30. The van der Waals surface area contributed by atoms with Gasteiger partial charge in [-0.25, -0.2) is 0 Å². The van der Waals surface area contributed by atoms with E-state index in [1.54, 1.807) is 31.0 Å². The molecule has 1 saturated heterocycles. The zero-order valence-electron chi connectivity index (χ0n) is 13.5. The monoisotopic (exact) mass is 321 g/mol. The normalized spacial score (nSPS) is 18.0. The van der Waals surface area contributed by atoms with E-state index in [0.29, 0.717) is 18.9 Å². The number of rotatable bonds is 4. The summed E-state index contributed by atoms with van der Waals surface area (Å²) in [6.07, 6.45) is 0. The molecule has 1 heterocycles. The van der Waals surface area contributed by atoms with Crippen molar-refractivity contribution in [2.45, 2.75) is 20.8 Å². The molecule has 1 aromatic rings. The number of carbonyl (C=O) groups excluding carboxylic acids is 1. The largest absolute Gasteiger partial charge is 0.508 e. The zero-order chi connectivity index (χ0) is 16.3. The molecule has 1 aliphatic heterocycles. The topological polar surface area (TPSA) is 49.8 Å². The fourth-order valence-electron chi connectivity index (χ4n) is 2.52. The second kappa shape index (κ2) is 6.75. The van der Waals surface area contributed by atoms with E-state index in [2.05, 4.69) is 20.8 Å². The van der Waals surface area contributed by atoms with Gasteiger partial charge in [0.1, 0.15) is 5.75 Å². The van der Waals surface area contributed by atoms with Crippen LogP contribution < -0.4 is 0 Å².